The van der Waals surface area contributed by atoms with E-state index in [2.05, 4.69) is 33.1 Å². The second-order valence-corrected chi connectivity index (χ2v) is 6.00. The number of aromatic amines is 1. The van der Waals surface area contributed by atoms with E-state index in [9.17, 15) is 0 Å². The summed E-state index contributed by atoms with van der Waals surface area (Å²) in [6, 6.07) is 6.06. The zero-order valence-corrected chi connectivity index (χ0v) is 13.1. The van der Waals surface area contributed by atoms with E-state index >= 15 is 0 Å². The minimum Gasteiger partial charge on any atom is -0.330 e. The summed E-state index contributed by atoms with van der Waals surface area (Å²) >= 11 is 0. The van der Waals surface area contributed by atoms with Crippen molar-refractivity contribution < 1.29 is 0 Å². The molecule has 1 atom stereocenters. The number of pyridine rings is 1. The molecule has 2 aromatic heterocycles. The highest BCUT2D eigenvalue weighted by molar-refractivity contribution is 5.85. The Hall–Kier alpha value is -1.43. The first-order chi connectivity index (χ1) is 9.68. The standard InChI is InChI=1S/C15H21N5.ClH/c1-15(10-16)4-6-20(11-15)9-13-7-14(19-18-13)12-3-2-5-17-8-12;/h2-3,5,7-8H,4,6,9-11,16H2,1H3,(H,18,19);1H. The Kier molecular flexibility index (Phi) is 4.98. The molecule has 1 saturated heterocycles. The molecule has 1 unspecified atom stereocenters. The number of nitrogens with one attached hydrogen (secondary N) is 1. The monoisotopic (exact) mass is 307 g/mol. The van der Waals surface area contributed by atoms with Gasteiger partial charge < -0.3 is 5.73 Å². The lowest BCUT2D eigenvalue weighted by molar-refractivity contribution is 0.272. The summed E-state index contributed by atoms with van der Waals surface area (Å²) in [6.07, 6.45) is 4.78. The van der Waals surface area contributed by atoms with Gasteiger partial charge in [-0.3, -0.25) is 15.0 Å². The van der Waals surface area contributed by atoms with Crippen LogP contribution in [0.2, 0.25) is 0 Å². The largest absolute Gasteiger partial charge is 0.330 e. The molecule has 0 aromatic carbocycles. The highest BCUT2D eigenvalue weighted by Crippen LogP contribution is 2.29. The molecule has 0 bridgehead atoms. The second-order valence-electron chi connectivity index (χ2n) is 6.00. The van der Waals surface area contributed by atoms with Crippen LogP contribution >= 0.6 is 12.4 Å². The highest BCUT2D eigenvalue weighted by atomic mass is 35.5. The van der Waals surface area contributed by atoms with Gasteiger partial charge in [0, 0.05) is 36.7 Å². The summed E-state index contributed by atoms with van der Waals surface area (Å²) < 4.78 is 0. The number of aromatic nitrogens is 3. The fraction of sp³-hybridized carbons (Fsp3) is 0.467. The maximum atomic E-state index is 5.85. The molecule has 0 amide bonds. The number of rotatable bonds is 4. The fourth-order valence-corrected chi connectivity index (χ4v) is 2.77. The molecule has 1 aliphatic heterocycles. The number of hydrogen-bond acceptors (Lipinski definition) is 4. The van der Waals surface area contributed by atoms with Crippen molar-refractivity contribution in [2.24, 2.45) is 11.1 Å². The molecule has 0 spiro atoms. The predicted octanol–water partition coefficient (Wildman–Crippen LogP) is 2.06. The number of nitrogens with zero attached hydrogens (tertiary/aromatic N) is 3. The van der Waals surface area contributed by atoms with E-state index < -0.39 is 0 Å². The van der Waals surface area contributed by atoms with Crippen LogP contribution in [0.1, 0.15) is 19.0 Å². The molecular formula is C15H22ClN5. The van der Waals surface area contributed by atoms with Gasteiger partial charge in [0.1, 0.15) is 0 Å². The topological polar surface area (TPSA) is 70.8 Å². The maximum absolute atomic E-state index is 5.85. The molecule has 0 aliphatic carbocycles. The molecule has 3 heterocycles. The number of hydrogen-bond donors (Lipinski definition) is 2. The summed E-state index contributed by atoms with van der Waals surface area (Å²) in [5.74, 6) is 0. The first-order valence-electron chi connectivity index (χ1n) is 7.06. The van der Waals surface area contributed by atoms with E-state index in [1.165, 1.54) is 6.42 Å². The maximum Gasteiger partial charge on any atom is 0.0939 e. The minimum atomic E-state index is 0. The summed E-state index contributed by atoms with van der Waals surface area (Å²) in [5, 5.41) is 7.49. The summed E-state index contributed by atoms with van der Waals surface area (Å²) in [5.41, 5.74) is 9.26. The Balaban J connectivity index is 0.00000161. The Morgan fingerprint density at radius 1 is 1.48 bits per heavy atom. The van der Waals surface area contributed by atoms with Gasteiger partial charge in [0.2, 0.25) is 0 Å². The molecule has 2 aromatic rings. The number of nitrogens with two attached hydrogens (primary N) is 1. The SMILES string of the molecule is CC1(CN)CCN(Cc2cc(-c3cccnc3)n[nH]2)C1.Cl. The van der Waals surface area contributed by atoms with Gasteiger partial charge in [-0.25, -0.2) is 0 Å². The normalized spacial score (nSPS) is 22.2. The average Bonchev–Trinajstić information content (AvgIpc) is 3.08. The molecule has 3 N–H and O–H groups in total. The van der Waals surface area contributed by atoms with Crippen LogP contribution in [0.3, 0.4) is 0 Å². The van der Waals surface area contributed by atoms with E-state index in [0.717, 1.165) is 43.1 Å². The molecular weight excluding hydrogens is 286 g/mol. The average molecular weight is 308 g/mol. The van der Waals surface area contributed by atoms with Gasteiger partial charge in [0.15, 0.2) is 0 Å². The van der Waals surface area contributed by atoms with Crippen LogP contribution in [-0.4, -0.2) is 39.7 Å². The van der Waals surface area contributed by atoms with Crippen molar-refractivity contribution in [2.45, 2.75) is 19.9 Å². The van der Waals surface area contributed by atoms with Crippen molar-refractivity contribution in [3.63, 3.8) is 0 Å². The smallest absolute Gasteiger partial charge is 0.0939 e. The molecule has 0 saturated carbocycles. The van der Waals surface area contributed by atoms with Gasteiger partial charge in [0.25, 0.3) is 0 Å². The summed E-state index contributed by atoms with van der Waals surface area (Å²) in [7, 11) is 0. The van der Waals surface area contributed by atoms with Crippen molar-refractivity contribution in [3.8, 4) is 11.3 Å². The van der Waals surface area contributed by atoms with E-state index in [4.69, 9.17) is 5.73 Å². The summed E-state index contributed by atoms with van der Waals surface area (Å²) in [4.78, 5) is 6.56. The van der Waals surface area contributed by atoms with E-state index in [0.29, 0.717) is 0 Å². The quantitative estimate of drug-likeness (QED) is 0.907. The van der Waals surface area contributed by atoms with Gasteiger partial charge in [-0.1, -0.05) is 6.92 Å². The molecule has 114 valence electrons. The first kappa shape index (κ1) is 15.9. The highest BCUT2D eigenvalue weighted by Gasteiger charge is 2.32. The van der Waals surface area contributed by atoms with Crippen LogP contribution in [0.15, 0.2) is 30.6 Å². The number of likely N-dealkylation sites (tertiary alicyclic amines) is 1. The Labute approximate surface area is 131 Å². The Morgan fingerprint density at radius 3 is 3.00 bits per heavy atom. The van der Waals surface area contributed by atoms with Crippen LogP contribution in [-0.2, 0) is 6.54 Å². The number of halogens is 1. The van der Waals surface area contributed by atoms with Crippen LogP contribution < -0.4 is 5.73 Å². The second kappa shape index (κ2) is 6.56. The van der Waals surface area contributed by atoms with Crippen molar-refractivity contribution in [2.75, 3.05) is 19.6 Å². The van der Waals surface area contributed by atoms with Crippen LogP contribution in [0.5, 0.6) is 0 Å². The van der Waals surface area contributed by atoms with Crippen LogP contribution in [0, 0.1) is 5.41 Å². The lowest BCUT2D eigenvalue weighted by Gasteiger charge is -2.22. The predicted molar refractivity (Wildman–Crippen MR) is 86.1 cm³/mol. The van der Waals surface area contributed by atoms with E-state index in [1.807, 2.05) is 18.3 Å². The van der Waals surface area contributed by atoms with Crippen molar-refractivity contribution in [3.05, 3.63) is 36.3 Å². The van der Waals surface area contributed by atoms with Crippen LogP contribution in [0.25, 0.3) is 11.3 Å². The molecule has 6 heteroatoms. The Bertz CT molecular complexity index is 570. The molecule has 21 heavy (non-hydrogen) atoms. The van der Waals surface area contributed by atoms with Crippen molar-refractivity contribution in [1.82, 2.24) is 20.1 Å². The molecule has 3 rings (SSSR count). The molecule has 1 fully saturated rings. The molecule has 1 aliphatic rings. The molecule has 5 nitrogen and oxygen atoms in total. The Morgan fingerprint density at radius 2 is 2.33 bits per heavy atom. The van der Waals surface area contributed by atoms with Gasteiger partial charge in [0.05, 0.1) is 5.69 Å². The van der Waals surface area contributed by atoms with Gasteiger partial charge >= 0.3 is 0 Å². The first-order valence-corrected chi connectivity index (χ1v) is 7.06. The lowest BCUT2D eigenvalue weighted by atomic mass is 9.90. The fourth-order valence-electron chi connectivity index (χ4n) is 2.77. The van der Waals surface area contributed by atoms with Crippen molar-refractivity contribution in [1.29, 1.82) is 0 Å². The number of H-pyrrole nitrogens is 1. The van der Waals surface area contributed by atoms with Gasteiger partial charge in [-0.05, 0) is 43.1 Å². The van der Waals surface area contributed by atoms with E-state index in [-0.39, 0.29) is 17.8 Å². The third kappa shape index (κ3) is 3.61. The summed E-state index contributed by atoms with van der Waals surface area (Å²) in [6.45, 7) is 6.09. The van der Waals surface area contributed by atoms with Gasteiger partial charge in [-0.15, -0.1) is 12.4 Å². The van der Waals surface area contributed by atoms with Gasteiger partial charge in [-0.2, -0.15) is 5.10 Å². The third-order valence-corrected chi connectivity index (χ3v) is 4.11. The third-order valence-electron chi connectivity index (χ3n) is 4.11. The van der Waals surface area contributed by atoms with E-state index in [1.54, 1.807) is 6.20 Å². The molecule has 0 radical (unpaired) electrons. The van der Waals surface area contributed by atoms with Crippen molar-refractivity contribution >= 4 is 12.4 Å². The zero-order chi connectivity index (χ0) is 14.0. The zero-order valence-electron chi connectivity index (χ0n) is 12.2. The van der Waals surface area contributed by atoms with Crippen LogP contribution in [0.4, 0.5) is 0 Å². The minimum absolute atomic E-state index is 0. The lowest BCUT2D eigenvalue weighted by Crippen LogP contribution is -2.31.